The molecule has 3 atom stereocenters. The van der Waals surface area contributed by atoms with Gasteiger partial charge in [-0.3, -0.25) is 9.69 Å². The molecule has 1 saturated carbocycles. The van der Waals surface area contributed by atoms with Crippen LogP contribution in [0, 0.1) is 24.6 Å². The van der Waals surface area contributed by atoms with Crippen LogP contribution >= 0.6 is 12.4 Å². The van der Waals surface area contributed by atoms with Crippen LogP contribution in [0.3, 0.4) is 0 Å². The Hall–Kier alpha value is -1.17. The van der Waals surface area contributed by atoms with Crippen molar-refractivity contribution in [3.8, 4) is 0 Å². The molecule has 24 heavy (non-hydrogen) atoms. The molecule has 1 aliphatic heterocycles. The molecule has 0 spiro atoms. The maximum absolute atomic E-state index is 13.5. The van der Waals surface area contributed by atoms with Crippen LogP contribution in [0.5, 0.6) is 0 Å². The quantitative estimate of drug-likeness (QED) is 0.870. The molecule has 1 saturated heterocycles. The second-order valence-corrected chi connectivity index (χ2v) is 7.07. The lowest BCUT2D eigenvalue weighted by Crippen LogP contribution is -2.39. The van der Waals surface area contributed by atoms with Crippen LogP contribution < -0.4 is 11.1 Å². The fourth-order valence-electron chi connectivity index (χ4n) is 3.94. The van der Waals surface area contributed by atoms with E-state index >= 15 is 0 Å². The van der Waals surface area contributed by atoms with Gasteiger partial charge in [-0.25, -0.2) is 4.39 Å². The van der Waals surface area contributed by atoms with E-state index in [-0.39, 0.29) is 30.2 Å². The van der Waals surface area contributed by atoms with Gasteiger partial charge in [0.1, 0.15) is 5.82 Å². The third kappa shape index (κ3) is 4.47. The van der Waals surface area contributed by atoms with Gasteiger partial charge in [0.2, 0.25) is 5.91 Å². The molecule has 1 aromatic rings. The summed E-state index contributed by atoms with van der Waals surface area (Å²) in [6, 6.07) is 5.36. The van der Waals surface area contributed by atoms with Crippen LogP contribution in [-0.2, 0) is 11.3 Å². The number of aryl methyl sites for hydroxylation is 1. The number of carbonyl (C=O) groups is 1. The van der Waals surface area contributed by atoms with Crippen molar-refractivity contribution >= 4 is 18.3 Å². The molecular weight excluding hydrogens is 329 g/mol. The fourth-order valence-corrected chi connectivity index (χ4v) is 3.94. The van der Waals surface area contributed by atoms with E-state index in [1.54, 1.807) is 13.0 Å². The lowest BCUT2D eigenvalue weighted by Gasteiger charge is -2.29. The lowest BCUT2D eigenvalue weighted by atomic mass is 9.78. The molecule has 0 radical (unpaired) electrons. The van der Waals surface area contributed by atoms with Gasteiger partial charge in [-0.05, 0) is 48.8 Å². The smallest absolute Gasteiger partial charge is 0.234 e. The van der Waals surface area contributed by atoms with Crippen molar-refractivity contribution in [1.82, 2.24) is 10.2 Å². The molecule has 1 amide bonds. The fraction of sp³-hybridized carbons (Fsp3) is 0.611. The Balaban J connectivity index is 0.00000208. The molecule has 1 aromatic carbocycles. The Bertz CT molecular complexity index is 583. The molecule has 2 aliphatic rings. The summed E-state index contributed by atoms with van der Waals surface area (Å²) in [4.78, 5) is 14.3. The third-order valence-corrected chi connectivity index (χ3v) is 5.32. The second kappa shape index (κ2) is 8.28. The predicted octanol–water partition coefficient (Wildman–Crippen LogP) is 2.23. The third-order valence-electron chi connectivity index (χ3n) is 5.32. The molecule has 1 aliphatic carbocycles. The zero-order chi connectivity index (χ0) is 16.4. The molecule has 3 unspecified atom stereocenters. The number of benzene rings is 1. The molecule has 6 heteroatoms. The van der Waals surface area contributed by atoms with Gasteiger partial charge in [-0.1, -0.05) is 18.6 Å². The summed E-state index contributed by atoms with van der Waals surface area (Å²) >= 11 is 0. The average Bonchev–Trinajstić information content (AvgIpc) is 2.92. The van der Waals surface area contributed by atoms with E-state index in [0.29, 0.717) is 30.5 Å². The summed E-state index contributed by atoms with van der Waals surface area (Å²) < 4.78 is 13.5. The van der Waals surface area contributed by atoms with Crippen LogP contribution in [0.4, 0.5) is 4.39 Å². The molecule has 2 fully saturated rings. The summed E-state index contributed by atoms with van der Waals surface area (Å²) in [6.45, 7) is 4.42. The number of nitrogens with two attached hydrogens (primary N) is 1. The van der Waals surface area contributed by atoms with Gasteiger partial charge >= 0.3 is 0 Å². The summed E-state index contributed by atoms with van der Waals surface area (Å²) in [5.41, 5.74) is 7.62. The van der Waals surface area contributed by atoms with Crippen molar-refractivity contribution in [1.29, 1.82) is 0 Å². The van der Waals surface area contributed by atoms with Gasteiger partial charge in [0.05, 0.1) is 6.54 Å². The SMILES string of the molecule is Cc1ccc(CNC(=O)CN2CC3CCCC(N)C3C2)cc1F.Cl. The van der Waals surface area contributed by atoms with Gasteiger partial charge < -0.3 is 11.1 Å². The van der Waals surface area contributed by atoms with Crippen LogP contribution in [0.25, 0.3) is 0 Å². The van der Waals surface area contributed by atoms with Crippen LogP contribution in [0.2, 0.25) is 0 Å². The maximum Gasteiger partial charge on any atom is 0.234 e. The summed E-state index contributed by atoms with van der Waals surface area (Å²) in [6.07, 6.45) is 3.56. The lowest BCUT2D eigenvalue weighted by molar-refractivity contribution is -0.122. The van der Waals surface area contributed by atoms with Crippen molar-refractivity contribution in [2.45, 2.75) is 38.8 Å². The first-order valence-corrected chi connectivity index (χ1v) is 8.52. The number of fused-ring (bicyclic) bond motifs is 1. The minimum Gasteiger partial charge on any atom is -0.351 e. The molecule has 0 bridgehead atoms. The zero-order valence-corrected chi connectivity index (χ0v) is 14.9. The first kappa shape index (κ1) is 19.2. The molecule has 134 valence electrons. The zero-order valence-electron chi connectivity index (χ0n) is 14.1. The Morgan fingerprint density at radius 2 is 2.17 bits per heavy atom. The maximum atomic E-state index is 13.5. The average molecular weight is 356 g/mol. The number of nitrogens with zero attached hydrogens (tertiary/aromatic N) is 1. The highest BCUT2D eigenvalue weighted by Crippen LogP contribution is 2.35. The van der Waals surface area contributed by atoms with E-state index in [1.165, 1.54) is 18.9 Å². The first-order valence-electron chi connectivity index (χ1n) is 8.52. The highest BCUT2D eigenvalue weighted by molar-refractivity contribution is 5.85. The minimum atomic E-state index is -0.227. The summed E-state index contributed by atoms with van der Waals surface area (Å²) in [7, 11) is 0. The van der Waals surface area contributed by atoms with Crippen molar-refractivity contribution in [2.75, 3.05) is 19.6 Å². The van der Waals surface area contributed by atoms with Crippen LogP contribution in [0.15, 0.2) is 18.2 Å². The number of amides is 1. The van der Waals surface area contributed by atoms with E-state index in [0.717, 1.165) is 25.1 Å². The molecule has 0 aromatic heterocycles. The van der Waals surface area contributed by atoms with Crippen LogP contribution in [-0.4, -0.2) is 36.5 Å². The largest absolute Gasteiger partial charge is 0.351 e. The van der Waals surface area contributed by atoms with E-state index in [1.807, 2.05) is 6.07 Å². The van der Waals surface area contributed by atoms with Gasteiger partial charge in [0.15, 0.2) is 0 Å². The number of hydrogen-bond donors (Lipinski definition) is 2. The number of hydrogen-bond acceptors (Lipinski definition) is 3. The van der Waals surface area contributed by atoms with Gasteiger partial charge in [0, 0.05) is 25.7 Å². The number of halogens is 2. The Labute approximate surface area is 149 Å². The second-order valence-electron chi connectivity index (χ2n) is 7.07. The molecule has 4 nitrogen and oxygen atoms in total. The number of rotatable bonds is 4. The monoisotopic (exact) mass is 355 g/mol. The Morgan fingerprint density at radius 3 is 2.88 bits per heavy atom. The normalized spacial score (nSPS) is 26.5. The minimum absolute atomic E-state index is 0. The highest BCUT2D eigenvalue weighted by atomic mass is 35.5. The molecule has 1 heterocycles. The number of carbonyl (C=O) groups excluding carboxylic acids is 1. The van der Waals surface area contributed by atoms with Gasteiger partial charge in [-0.15, -0.1) is 12.4 Å². The molecular formula is C18H27ClFN3O. The van der Waals surface area contributed by atoms with Gasteiger partial charge in [-0.2, -0.15) is 0 Å². The van der Waals surface area contributed by atoms with Crippen molar-refractivity contribution < 1.29 is 9.18 Å². The van der Waals surface area contributed by atoms with E-state index in [2.05, 4.69) is 10.2 Å². The standard InChI is InChI=1S/C18H26FN3O.ClH/c1-12-5-6-13(7-16(12)19)8-21-18(23)11-22-9-14-3-2-4-17(20)15(14)10-22;/h5-7,14-15,17H,2-4,8-11,20H2,1H3,(H,21,23);1H. The Kier molecular flexibility index (Phi) is 6.61. The molecule has 3 rings (SSSR count). The first-order chi connectivity index (χ1) is 11.0. The highest BCUT2D eigenvalue weighted by Gasteiger charge is 2.38. The number of likely N-dealkylation sites (tertiary alicyclic amines) is 1. The predicted molar refractivity (Wildman–Crippen MR) is 95.5 cm³/mol. The van der Waals surface area contributed by atoms with Crippen molar-refractivity contribution in [3.05, 3.63) is 35.1 Å². The van der Waals surface area contributed by atoms with E-state index in [4.69, 9.17) is 5.73 Å². The summed E-state index contributed by atoms with van der Waals surface area (Å²) in [5.74, 6) is 0.966. The van der Waals surface area contributed by atoms with Crippen molar-refractivity contribution in [2.24, 2.45) is 17.6 Å². The van der Waals surface area contributed by atoms with E-state index < -0.39 is 0 Å². The number of nitrogens with one attached hydrogen (secondary N) is 1. The Morgan fingerprint density at radius 1 is 1.38 bits per heavy atom. The van der Waals surface area contributed by atoms with Crippen molar-refractivity contribution in [3.63, 3.8) is 0 Å². The molecule has 3 N–H and O–H groups in total. The van der Waals surface area contributed by atoms with Gasteiger partial charge in [0.25, 0.3) is 0 Å². The van der Waals surface area contributed by atoms with Crippen LogP contribution in [0.1, 0.15) is 30.4 Å². The topological polar surface area (TPSA) is 58.4 Å². The van der Waals surface area contributed by atoms with E-state index in [9.17, 15) is 9.18 Å². The summed E-state index contributed by atoms with van der Waals surface area (Å²) in [5, 5.41) is 2.89.